The van der Waals surface area contributed by atoms with Crippen LogP contribution in [0.2, 0.25) is 0 Å². The van der Waals surface area contributed by atoms with E-state index in [0.29, 0.717) is 34.6 Å². The van der Waals surface area contributed by atoms with Gasteiger partial charge in [-0.3, -0.25) is 9.78 Å². The van der Waals surface area contributed by atoms with Gasteiger partial charge in [0.2, 0.25) is 5.91 Å². The molecule has 5 nitrogen and oxygen atoms in total. The Morgan fingerprint density at radius 2 is 1.93 bits per heavy atom. The zero-order valence-corrected chi connectivity index (χ0v) is 17.8. The fraction of sp³-hybridized carbons (Fsp3) is 0.435. The van der Waals surface area contributed by atoms with Gasteiger partial charge in [-0.25, -0.2) is 8.78 Å². The number of carbonyl (C=O) groups excluding carboxylic acids is 1. The molecule has 2 unspecified atom stereocenters. The summed E-state index contributed by atoms with van der Waals surface area (Å²) in [5.41, 5.74) is 2.16. The summed E-state index contributed by atoms with van der Waals surface area (Å²) in [5.74, 6) is -4.88. The largest absolute Gasteiger partial charge is 0.354 e. The van der Waals surface area contributed by atoms with Gasteiger partial charge in [0, 0.05) is 11.7 Å². The Morgan fingerprint density at radius 3 is 2.47 bits per heavy atom. The summed E-state index contributed by atoms with van der Waals surface area (Å²) in [5, 5.41) is 15.2. The number of halogens is 2. The molecule has 1 heterocycles. The van der Waals surface area contributed by atoms with E-state index in [2.05, 4.69) is 21.7 Å². The number of pyridine rings is 1. The maximum atomic E-state index is 14.6. The molecule has 0 radical (unpaired) electrons. The molecule has 1 saturated carbocycles. The topological polar surface area (TPSA) is 77.8 Å². The molecule has 7 heteroatoms. The van der Waals surface area contributed by atoms with Crippen LogP contribution in [0.25, 0.3) is 0 Å². The van der Waals surface area contributed by atoms with Gasteiger partial charge in [-0.1, -0.05) is 19.1 Å². The van der Waals surface area contributed by atoms with Gasteiger partial charge in [0.25, 0.3) is 5.92 Å². The molecule has 0 aliphatic heterocycles. The zero-order valence-electron chi connectivity index (χ0n) is 17.8. The van der Waals surface area contributed by atoms with Crippen LogP contribution in [0.4, 0.5) is 20.2 Å². The number of nitrogens with zero attached hydrogens (tertiary/aromatic N) is 2. The highest BCUT2D eigenvalue weighted by Crippen LogP contribution is 2.71. The number of amides is 1. The van der Waals surface area contributed by atoms with Crippen molar-refractivity contribution in [3.8, 4) is 6.07 Å². The standard InChI is InChI=1S/C23H26F2N4O/c1-6-17-18(11-26)14(4)27-12-19(17)29-16-9-7-15(8-10-16)20-22(5,23(20,24)25)21(30)28-13(2)3/h7-10,12-13,20,29H,6H2,1-5H3,(H,28,30). The van der Waals surface area contributed by atoms with E-state index >= 15 is 0 Å². The number of aromatic nitrogens is 1. The molecule has 3 rings (SSSR count). The monoisotopic (exact) mass is 412 g/mol. The maximum absolute atomic E-state index is 14.6. The molecule has 30 heavy (non-hydrogen) atoms. The molecule has 0 saturated heterocycles. The van der Waals surface area contributed by atoms with Crippen LogP contribution in [0.15, 0.2) is 30.5 Å². The van der Waals surface area contributed by atoms with Gasteiger partial charge in [0.05, 0.1) is 29.1 Å². The average Bonchev–Trinajstić information content (AvgIpc) is 3.16. The zero-order chi connectivity index (χ0) is 22.3. The SMILES string of the molecule is CCc1c(Nc2ccc(C3C(F)(F)C3(C)C(=O)NC(C)C)cc2)cnc(C)c1C#N. The summed E-state index contributed by atoms with van der Waals surface area (Å²) in [7, 11) is 0. The smallest absolute Gasteiger partial charge is 0.270 e. The first-order valence-corrected chi connectivity index (χ1v) is 10.0. The van der Waals surface area contributed by atoms with Crippen LogP contribution in [0, 0.1) is 23.7 Å². The van der Waals surface area contributed by atoms with Crippen molar-refractivity contribution < 1.29 is 13.6 Å². The number of benzene rings is 1. The van der Waals surface area contributed by atoms with E-state index in [-0.39, 0.29) is 6.04 Å². The van der Waals surface area contributed by atoms with Crippen molar-refractivity contribution in [1.29, 1.82) is 5.26 Å². The van der Waals surface area contributed by atoms with Crippen LogP contribution < -0.4 is 10.6 Å². The third-order valence-corrected chi connectivity index (χ3v) is 5.80. The second-order valence-electron chi connectivity index (χ2n) is 8.21. The molecule has 2 atom stereocenters. The minimum Gasteiger partial charge on any atom is -0.354 e. The average molecular weight is 412 g/mol. The molecule has 1 aliphatic carbocycles. The molecule has 158 valence electrons. The summed E-state index contributed by atoms with van der Waals surface area (Å²) in [4.78, 5) is 16.6. The molecule has 1 aliphatic rings. The third kappa shape index (κ3) is 3.41. The number of rotatable bonds is 6. The Balaban J connectivity index is 1.83. The second kappa shape index (κ2) is 7.67. The summed E-state index contributed by atoms with van der Waals surface area (Å²) in [6, 6.07) is 8.63. The molecule has 1 amide bonds. The normalized spacial score (nSPS) is 21.8. The number of hydrogen-bond acceptors (Lipinski definition) is 4. The number of hydrogen-bond donors (Lipinski definition) is 2. The van der Waals surface area contributed by atoms with Crippen LogP contribution in [0.1, 0.15) is 56.0 Å². The number of nitrogens with one attached hydrogen (secondary N) is 2. The first-order valence-electron chi connectivity index (χ1n) is 10.0. The summed E-state index contributed by atoms with van der Waals surface area (Å²) >= 11 is 0. The highest BCUT2D eigenvalue weighted by molar-refractivity contribution is 5.89. The Labute approximate surface area is 175 Å². The second-order valence-corrected chi connectivity index (χ2v) is 8.21. The molecule has 1 aromatic heterocycles. The Morgan fingerprint density at radius 1 is 1.30 bits per heavy atom. The molecular formula is C23H26F2N4O. The summed E-state index contributed by atoms with van der Waals surface area (Å²) in [6.07, 6.45) is 2.33. The van der Waals surface area contributed by atoms with E-state index in [1.165, 1.54) is 6.92 Å². The van der Waals surface area contributed by atoms with Crippen molar-refractivity contribution >= 4 is 17.3 Å². The number of nitriles is 1. The van der Waals surface area contributed by atoms with Crippen LogP contribution >= 0.6 is 0 Å². The van der Waals surface area contributed by atoms with Crippen LogP contribution in [-0.2, 0) is 11.2 Å². The molecule has 0 spiro atoms. The van der Waals surface area contributed by atoms with Gasteiger partial charge < -0.3 is 10.6 Å². The van der Waals surface area contributed by atoms with Crippen LogP contribution in [0.3, 0.4) is 0 Å². The van der Waals surface area contributed by atoms with Gasteiger partial charge in [-0.15, -0.1) is 0 Å². The first kappa shape index (κ1) is 21.7. The number of aryl methyl sites for hydroxylation is 1. The fourth-order valence-electron chi connectivity index (χ4n) is 3.96. The van der Waals surface area contributed by atoms with Crippen molar-refractivity contribution in [3.63, 3.8) is 0 Å². The third-order valence-electron chi connectivity index (χ3n) is 5.80. The molecular weight excluding hydrogens is 386 g/mol. The van der Waals surface area contributed by atoms with Crippen LogP contribution in [-0.4, -0.2) is 22.9 Å². The van der Waals surface area contributed by atoms with E-state index in [0.717, 1.165) is 5.56 Å². The van der Waals surface area contributed by atoms with Gasteiger partial charge in [-0.2, -0.15) is 5.26 Å². The van der Waals surface area contributed by atoms with Crippen molar-refractivity contribution in [1.82, 2.24) is 10.3 Å². The number of alkyl halides is 2. The molecule has 2 N–H and O–H groups in total. The molecule has 1 fully saturated rings. The highest BCUT2D eigenvalue weighted by atomic mass is 19.3. The number of carbonyl (C=O) groups is 1. The lowest BCUT2D eigenvalue weighted by atomic mass is 9.99. The first-order chi connectivity index (χ1) is 14.1. The van der Waals surface area contributed by atoms with Crippen molar-refractivity contribution in [2.45, 2.75) is 58.9 Å². The number of anilines is 2. The molecule has 2 aromatic rings. The highest BCUT2D eigenvalue weighted by Gasteiger charge is 2.82. The van der Waals surface area contributed by atoms with E-state index in [4.69, 9.17) is 0 Å². The van der Waals surface area contributed by atoms with Gasteiger partial charge in [0.1, 0.15) is 11.5 Å². The lowest BCUT2D eigenvalue weighted by molar-refractivity contribution is -0.129. The van der Waals surface area contributed by atoms with Gasteiger partial charge in [0.15, 0.2) is 0 Å². The molecule has 1 aromatic carbocycles. The Hall–Kier alpha value is -3.01. The van der Waals surface area contributed by atoms with E-state index < -0.39 is 23.2 Å². The van der Waals surface area contributed by atoms with E-state index in [9.17, 15) is 18.8 Å². The Bertz CT molecular complexity index is 1010. The summed E-state index contributed by atoms with van der Waals surface area (Å²) in [6.45, 7) is 8.57. The van der Waals surface area contributed by atoms with E-state index in [1.807, 2.05) is 6.92 Å². The predicted octanol–water partition coefficient (Wildman–Crippen LogP) is 4.83. The minimum absolute atomic E-state index is 0.202. The summed E-state index contributed by atoms with van der Waals surface area (Å²) < 4.78 is 29.2. The lowest BCUT2D eigenvalue weighted by Crippen LogP contribution is -2.38. The van der Waals surface area contributed by atoms with Gasteiger partial charge in [-0.05, 0) is 57.4 Å². The lowest BCUT2D eigenvalue weighted by Gasteiger charge is -2.15. The van der Waals surface area contributed by atoms with Crippen molar-refractivity contribution in [2.24, 2.45) is 5.41 Å². The fourth-order valence-corrected chi connectivity index (χ4v) is 3.96. The van der Waals surface area contributed by atoms with Crippen molar-refractivity contribution in [2.75, 3.05) is 5.32 Å². The Kier molecular flexibility index (Phi) is 5.55. The van der Waals surface area contributed by atoms with E-state index in [1.54, 1.807) is 51.2 Å². The van der Waals surface area contributed by atoms with Crippen LogP contribution in [0.5, 0.6) is 0 Å². The van der Waals surface area contributed by atoms with Gasteiger partial charge >= 0.3 is 0 Å². The van der Waals surface area contributed by atoms with Crippen molar-refractivity contribution in [3.05, 3.63) is 52.8 Å². The molecule has 0 bridgehead atoms. The predicted molar refractivity (Wildman–Crippen MR) is 112 cm³/mol. The quantitative estimate of drug-likeness (QED) is 0.712. The minimum atomic E-state index is -3.10. The maximum Gasteiger partial charge on any atom is 0.270 e.